The summed E-state index contributed by atoms with van der Waals surface area (Å²) >= 11 is 1.87. The third-order valence-electron chi connectivity index (χ3n) is 5.88. The average Bonchev–Trinajstić information content (AvgIpc) is 3.32. The van der Waals surface area contributed by atoms with Crippen molar-refractivity contribution < 1.29 is 8.78 Å². The molecule has 0 N–H and O–H groups in total. The molecule has 1 aliphatic carbocycles. The van der Waals surface area contributed by atoms with Crippen LogP contribution in [0, 0.1) is 0 Å². The molecule has 6 nitrogen and oxygen atoms in total. The standard InChI is InChI=1S/C21H23F2N5OS/c22-19(23)11-28-13-24-17-10-14(4-5-15(17)21(28)29)27-8-6-26(7-9-27)12-20-25-16-2-1-3-18(16)30-20/h4-5,10,13,19H,1-3,6-9,11-12H2. The largest absolute Gasteiger partial charge is 0.369 e. The Morgan fingerprint density at radius 1 is 1.13 bits per heavy atom. The van der Waals surface area contributed by atoms with Gasteiger partial charge >= 0.3 is 0 Å². The number of alkyl halides is 2. The molecule has 30 heavy (non-hydrogen) atoms. The van der Waals surface area contributed by atoms with E-state index >= 15 is 0 Å². The highest BCUT2D eigenvalue weighted by atomic mass is 32.1. The summed E-state index contributed by atoms with van der Waals surface area (Å²) in [7, 11) is 0. The number of fused-ring (bicyclic) bond motifs is 2. The molecule has 2 aliphatic rings. The summed E-state index contributed by atoms with van der Waals surface area (Å²) in [6, 6.07) is 5.47. The Morgan fingerprint density at radius 2 is 1.97 bits per heavy atom. The lowest BCUT2D eigenvalue weighted by atomic mass is 10.2. The van der Waals surface area contributed by atoms with Gasteiger partial charge in [-0.05, 0) is 37.5 Å². The van der Waals surface area contributed by atoms with Crippen molar-refractivity contribution in [2.24, 2.45) is 0 Å². The molecular formula is C21H23F2N5OS. The number of benzene rings is 1. The number of anilines is 1. The lowest BCUT2D eigenvalue weighted by molar-refractivity contribution is 0.125. The zero-order valence-corrected chi connectivity index (χ0v) is 17.4. The van der Waals surface area contributed by atoms with Gasteiger partial charge in [0.2, 0.25) is 0 Å². The third-order valence-corrected chi connectivity index (χ3v) is 7.02. The van der Waals surface area contributed by atoms with Crippen molar-refractivity contribution in [2.75, 3.05) is 31.1 Å². The van der Waals surface area contributed by atoms with Crippen LogP contribution in [0.15, 0.2) is 29.3 Å². The minimum Gasteiger partial charge on any atom is -0.369 e. The van der Waals surface area contributed by atoms with E-state index in [9.17, 15) is 13.6 Å². The second-order valence-electron chi connectivity index (χ2n) is 7.89. The maximum absolute atomic E-state index is 12.6. The normalized spacial score (nSPS) is 17.2. The van der Waals surface area contributed by atoms with Crippen LogP contribution >= 0.6 is 11.3 Å². The molecule has 2 aromatic heterocycles. The van der Waals surface area contributed by atoms with E-state index in [2.05, 4.69) is 14.8 Å². The Labute approximate surface area is 176 Å². The molecule has 1 aliphatic heterocycles. The van der Waals surface area contributed by atoms with E-state index < -0.39 is 18.5 Å². The lowest BCUT2D eigenvalue weighted by Crippen LogP contribution is -2.46. The molecule has 9 heteroatoms. The van der Waals surface area contributed by atoms with Crippen LogP contribution in [0.4, 0.5) is 14.5 Å². The number of hydrogen-bond donors (Lipinski definition) is 0. The van der Waals surface area contributed by atoms with Gasteiger partial charge in [-0.3, -0.25) is 14.3 Å². The van der Waals surface area contributed by atoms with Crippen molar-refractivity contribution in [3.63, 3.8) is 0 Å². The first kappa shape index (κ1) is 19.6. The molecule has 158 valence electrons. The fourth-order valence-corrected chi connectivity index (χ4v) is 5.49. The van der Waals surface area contributed by atoms with E-state index in [1.54, 1.807) is 6.07 Å². The zero-order chi connectivity index (χ0) is 20.7. The molecule has 5 rings (SSSR count). The summed E-state index contributed by atoms with van der Waals surface area (Å²) in [5, 5.41) is 1.60. The Balaban J connectivity index is 1.25. The van der Waals surface area contributed by atoms with Gasteiger partial charge in [-0.25, -0.2) is 18.7 Å². The van der Waals surface area contributed by atoms with Crippen LogP contribution in [0.3, 0.4) is 0 Å². The van der Waals surface area contributed by atoms with E-state index in [0.29, 0.717) is 10.9 Å². The van der Waals surface area contributed by atoms with Gasteiger partial charge in [0, 0.05) is 36.7 Å². The van der Waals surface area contributed by atoms with E-state index in [-0.39, 0.29) is 0 Å². The van der Waals surface area contributed by atoms with Crippen molar-refractivity contribution in [3.05, 3.63) is 50.5 Å². The molecule has 0 amide bonds. The minimum absolute atomic E-state index is 0.373. The van der Waals surface area contributed by atoms with Crippen LogP contribution in [0.5, 0.6) is 0 Å². The van der Waals surface area contributed by atoms with E-state index in [1.807, 2.05) is 23.5 Å². The highest BCUT2D eigenvalue weighted by molar-refractivity contribution is 7.11. The van der Waals surface area contributed by atoms with Gasteiger partial charge in [0.05, 0.1) is 36.0 Å². The van der Waals surface area contributed by atoms with Crippen LogP contribution in [0.25, 0.3) is 10.9 Å². The highest BCUT2D eigenvalue weighted by Gasteiger charge is 2.21. The molecule has 0 spiro atoms. The number of aryl methyl sites for hydroxylation is 2. The Bertz CT molecular complexity index is 1100. The molecule has 0 unspecified atom stereocenters. The fraction of sp³-hybridized carbons (Fsp3) is 0.476. The number of thiazole rings is 1. The Hall–Kier alpha value is -2.39. The summed E-state index contributed by atoms with van der Waals surface area (Å²) < 4.78 is 26.2. The Morgan fingerprint density at radius 3 is 2.73 bits per heavy atom. The summed E-state index contributed by atoms with van der Waals surface area (Å²) in [5.74, 6) is 0. The number of aromatic nitrogens is 3. The van der Waals surface area contributed by atoms with E-state index in [0.717, 1.165) is 49.4 Å². The average molecular weight is 432 g/mol. The molecular weight excluding hydrogens is 408 g/mol. The predicted molar refractivity (Wildman–Crippen MR) is 114 cm³/mol. The number of hydrogen-bond acceptors (Lipinski definition) is 6. The maximum Gasteiger partial charge on any atom is 0.261 e. The maximum atomic E-state index is 12.6. The number of nitrogens with zero attached hydrogens (tertiary/aromatic N) is 5. The molecule has 1 aromatic carbocycles. The van der Waals surface area contributed by atoms with Gasteiger partial charge in [0.25, 0.3) is 12.0 Å². The van der Waals surface area contributed by atoms with Crippen molar-refractivity contribution in [2.45, 2.75) is 38.8 Å². The molecule has 3 aromatic rings. The number of rotatable bonds is 5. The van der Waals surface area contributed by atoms with Crippen molar-refractivity contribution in [3.8, 4) is 0 Å². The summed E-state index contributed by atoms with van der Waals surface area (Å²) in [4.78, 5) is 27.6. The summed E-state index contributed by atoms with van der Waals surface area (Å²) in [6.45, 7) is 3.96. The minimum atomic E-state index is -2.58. The van der Waals surface area contributed by atoms with Crippen LogP contribution in [0.2, 0.25) is 0 Å². The molecule has 0 bridgehead atoms. The SMILES string of the molecule is O=c1c2ccc(N3CCN(Cc4nc5c(s4)CCC5)CC3)cc2ncn1CC(F)F. The zero-order valence-electron chi connectivity index (χ0n) is 16.6. The second-order valence-corrected chi connectivity index (χ2v) is 9.06. The molecule has 0 atom stereocenters. The van der Waals surface area contributed by atoms with Crippen LogP contribution in [-0.2, 0) is 25.9 Å². The predicted octanol–water partition coefficient (Wildman–Crippen LogP) is 2.93. The van der Waals surface area contributed by atoms with Gasteiger partial charge in [0.15, 0.2) is 0 Å². The number of piperazine rings is 1. The van der Waals surface area contributed by atoms with E-state index in [4.69, 9.17) is 4.98 Å². The molecule has 0 radical (unpaired) electrons. The lowest BCUT2D eigenvalue weighted by Gasteiger charge is -2.35. The second kappa shape index (κ2) is 8.03. The van der Waals surface area contributed by atoms with Gasteiger partial charge < -0.3 is 4.90 Å². The van der Waals surface area contributed by atoms with Gasteiger partial charge in [-0.1, -0.05) is 0 Å². The van der Waals surface area contributed by atoms with Crippen molar-refractivity contribution in [1.82, 2.24) is 19.4 Å². The first-order valence-corrected chi connectivity index (χ1v) is 11.1. The summed E-state index contributed by atoms with van der Waals surface area (Å²) in [5.41, 5.74) is 2.44. The quantitative estimate of drug-likeness (QED) is 0.622. The first-order valence-electron chi connectivity index (χ1n) is 10.3. The molecule has 1 fully saturated rings. The van der Waals surface area contributed by atoms with Crippen LogP contribution < -0.4 is 10.5 Å². The van der Waals surface area contributed by atoms with Crippen molar-refractivity contribution in [1.29, 1.82) is 0 Å². The fourth-order valence-electron chi connectivity index (χ4n) is 4.29. The van der Waals surface area contributed by atoms with Gasteiger partial charge in [-0.15, -0.1) is 11.3 Å². The molecule has 1 saturated heterocycles. The van der Waals surface area contributed by atoms with Crippen molar-refractivity contribution >= 4 is 27.9 Å². The molecule has 0 saturated carbocycles. The van der Waals surface area contributed by atoms with Crippen LogP contribution in [0.1, 0.15) is 22.0 Å². The monoisotopic (exact) mass is 431 g/mol. The topological polar surface area (TPSA) is 54.3 Å². The van der Waals surface area contributed by atoms with Gasteiger partial charge in [0.1, 0.15) is 5.01 Å². The highest BCUT2D eigenvalue weighted by Crippen LogP contribution is 2.28. The smallest absolute Gasteiger partial charge is 0.261 e. The third kappa shape index (κ3) is 3.83. The van der Waals surface area contributed by atoms with E-state index in [1.165, 1.54) is 34.7 Å². The van der Waals surface area contributed by atoms with Gasteiger partial charge in [-0.2, -0.15) is 0 Å². The van der Waals surface area contributed by atoms with Crippen LogP contribution in [-0.4, -0.2) is 52.0 Å². The summed E-state index contributed by atoms with van der Waals surface area (Å²) in [6.07, 6.45) is 2.19. The molecule has 3 heterocycles. The first-order chi connectivity index (χ1) is 14.6. The Kier molecular flexibility index (Phi) is 5.24. The number of halogens is 2.